The van der Waals surface area contributed by atoms with Crippen molar-refractivity contribution in [1.29, 1.82) is 0 Å². The van der Waals surface area contributed by atoms with Crippen LogP contribution >= 0.6 is 11.6 Å². The maximum atomic E-state index is 10.7. The molecule has 2 fully saturated rings. The van der Waals surface area contributed by atoms with Gasteiger partial charge in [-0.1, -0.05) is 48.1 Å². The minimum atomic E-state index is -0.157. The van der Waals surface area contributed by atoms with Gasteiger partial charge in [-0.15, -0.1) is 4.91 Å². The molecule has 2 aromatic heterocycles. The number of amidine groups is 1. The molecule has 2 aliphatic rings. The van der Waals surface area contributed by atoms with Crippen LogP contribution in [0.2, 0.25) is 5.02 Å². The third kappa shape index (κ3) is 4.60. The second kappa shape index (κ2) is 10.0. The lowest BCUT2D eigenvalue weighted by atomic mass is 9.89. The Hall–Kier alpha value is -3.11. The van der Waals surface area contributed by atoms with Crippen LogP contribution in [0.3, 0.4) is 0 Å². The highest BCUT2D eigenvalue weighted by Gasteiger charge is 2.27. The lowest BCUT2D eigenvalue weighted by Crippen LogP contribution is -2.38. The molecule has 0 amide bonds. The van der Waals surface area contributed by atoms with Crippen molar-refractivity contribution in [1.82, 2.24) is 19.5 Å². The summed E-state index contributed by atoms with van der Waals surface area (Å²) in [5.41, 5.74) is 8.74. The van der Waals surface area contributed by atoms with Crippen LogP contribution in [0.5, 0.6) is 0 Å². The largest absolute Gasteiger partial charge is 0.379 e. The van der Waals surface area contributed by atoms with Crippen LogP contribution in [0.25, 0.3) is 22.4 Å². The smallest absolute Gasteiger partial charge is 0.208 e. The number of nitrogens with zero attached hydrogens (tertiary/aromatic N) is 7. The average molecular weight is 483 g/mol. The molecule has 1 saturated heterocycles. The van der Waals surface area contributed by atoms with E-state index in [9.17, 15) is 4.91 Å². The minimum Gasteiger partial charge on any atom is -0.379 e. The van der Waals surface area contributed by atoms with Gasteiger partial charge in [0.05, 0.1) is 18.5 Å². The van der Waals surface area contributed by atoms with Crippen LogP contribution in [0.15, 0.2) is 34.7 Å². The molecule has 11 heteroatoms. The van der Waals surface area contributed by atoms with Crippen LogP contribution in [0.4, 0.5) is 5.95 Å². The third-order valence-corrected chi connectivity index (χ3v) is 6.75. The average Bonchev–Trinajstić information content (AvgIpc) is 3.23. The Balaban J connectivity index is 1.74. The molecular formula is C23H27ClN8O2. The van der Waals surface area contributed by atoms with E-state index < -0.39 is 0 Å². The van der Waals surface area contributed by atoms with E-state index in [2.05, 4.69) is 24.8 Å². The number of nitroso groups, excluding NO2 is 1. The van der Waals surface area contributed by atoms with Gasteiger partial charge in [0, 0.05) is 30.2 Å². The van der Waals surface area contributed by atoms with E-state index in [4.69, 9.17) is 32.0 Å². The lowest BCUT2D eigenvalue weighted by molar-refractivity contribution is 0.121. The second-order valence-corrected chi connectivity index (χ2v) is 9.21. The van der Waals surface area contributed by atoms with Gasteiger partial charge in [0.1, 0.15) is 11.2 Å². The number of ether oxygens (including phenoxy) is 1. The van der Waals surface area contributed by atoms with Gasteiger partial charge < -0.3 is 19.9 Å². The zero-order valence-electron chi connectivity index (χ0n) is 18.9. The first-order valence-corrected chi connectivity index (χ1v) is 12.0. The number of imidazole rings is 1. The van der Waals surface area contributed by atoms with Crippen molar-refractivity contribution in [2.24, 2.45) is 22.0 Å². The molecule has 1 aromatic carbocycles. The molecule has 0 bridgehead atoms. The fourth-order valence-corrected chi connectivity index (χ4v) is 5.06. The molecule has 0 unspecified atom stereocenters. The number of hydrogen-bond acceptors (Lipinski definition) is 7. The summed E-state index contributed by atoms with van der Waals surface area (Å²) < 4.78 is 7.83. The molecule has 10 nitrogen and oxygen atoms in total. The molecule has 2 N–H and O–H groups in total. The minimum absolute atomic E-state index is 0.109. The third-order valence-electron chi connectivity index (χ3n) is 6.52. The zero-order chi connectivity index (χ0) is 23.5. The molecule has 3 aromatic rings. The van der Waals surface area contributed by atoms with Gasteiger partial charge in [-0.25, -0.2) is 9.97 Å². The molecule has 5 rings (SSSR count). The standard InChI is InChI=1S/C23H27ClN8O2/c24-17-8-4-7-16(13-17)18-19-21(27-22(26-18)20(25)29-30-33)28-23(31-9-11-34-12-10-31)32(19)14-15-5-2-1-3-6-15/h4,7-8,13,15H,1-3,5-6,9-12,14H2,(H2,25,29,33). The zero-order valence-corrected chi connectivity index (χ0v) is 19.6. The summed E-state index contributed by atoms with van der Waals surface area (Å²) >= 11 is 6.33. The van der Waals surface area contributed by atoms with Crippen LogP contribution < -0.4 is 10.6 Å². The van der Waals surface area contributed by atoms with E-state index in [1.54, 1.807) is 0 Å². The number of aromatic nitrogens is 4. The summed E-state index contributed by atoms with van der Waals surface area (Å²) in [6.45, 7) is 3.63. The highest BCUT2D eigenvalue weighted by Crippen LogP contribution is 2.34. The molecule has 3 heterocycles. The quantitative estimate of drug-likeness (QED) is 0.244. The molecule has 1 aliphatic carbocycles. The highest BCUT2D eigenvalue weighted by atomic mass is 35.5. The Morgan fingerprint density at radius 3 is 2.68 bits per heavy atom. The Morgan fingerprint density at radius 1 is 1.15 bits per heavy atom. The number of hydrogen-bond donors (Lipinski definition) is 1. The summed E-state index contributed by atoms with van der Waals surface area (Å²) in [5.74, 6) is 1.36. The van der Waals surface area contributed by atoms with Crippen molar-refractivity contribution in [2.75, 3.05) is 31.2 Å². The predicted octanol–water partition coefficient (Wildman–Crippen LogP) is 3.95. The predicted molar refractivity (Wildman–Crippen MR) is 132 cm³/mol. The van der Waals surface area contributed by atoms with E-state index in [1.165, 1.54) is 32.1 Å². The van der Waals surface area contributed by atoms with Crippen LogP contribution in [0.1, 0.15) is 37.9 Å². The maximum absolute atomic E-state index is 10.7. The van der Waals surface area contributed by atoms with Crippen molar-refractivity contribution in [3.05, 3.63) is 40.0 Å². The van der Waals surface area contributed by atoms with Crippen molar-refractivity contribution in [3.63, 3.8) is 0 Å². The molecule has 0 atom stereocenters. The number of fused-ring (bicyclic) bond motifs is 1. The lowest BCUT2D eigenvalue weighted by Gasteiger charge is -2.30. The van der Waals surface area contributed by atoms with Gasteiger partial charge in [0.15, 0.2) is 17.3 Å². The van der Waals surface area contributed by atoms with Crippen molar-refractivity contribution < 1.29 is 4.74 Å². The first kappa shape index (κ1) is 22.7. The number of rotatable bonds is 6. The van der Waals surface area contributed by atoms with Gasteiger partial charge in [-0.2, -0.15) is 4.98 Å². The molecule has 0 radical (unpaired) electrons. The van der Waals surface area contributed by atoms with E-state index in [0.717, 1.165) is 36.7 Å². The second-order valence-electron chi connectivity index (χ2n) is 8.77. The Bertz CT molecular complexity index is 1220. The fraction of sp³-hybridized carbons (Fsp3) is 0.478. The molecule has 0 spiro atoms. The summed E-state index contributed by atoms with van der Waals surface area (Å²) in [4.78, 5) is 27.2. The number of anilines is 1. The summed E-state index contributed by atoms with van der Waals surface area (Å²) in [7, 11) is 0. The van der Waals surface area contributed by atoms with Crippen molar-refractivity contribution in [2.45, 2.75) is 38.6 Å². The van der Waals surface area contributed by atoms with Gasteiger partial charge in [0.2, 0.25) is 5.95 Å². The summed E-state index contributed by atoms with van der Waals surface area (Å²) in [5, 5.41) is 6.56. The van der Waals surface area contributed by atoms with E-state index >= 15 is 0 Å². The number of benzene rings is 1. The van der Waals surface area contributed by atoms with Gasteiger partial charge in [0.25, 0.3) is 0 Å². The monoisotopic (exact) mass is 482 g/mol. The molecule has 1 aliphatic heterocycles. The van der Waals surface area contributed by atoms with Crippen molar-refractivity contribution >= 4 is 34.5 Å². The van der Waals surface area contributed by atoms with E-state index in [1.807, 2.05) is 24.3 Å². The van der Waals surface area contributed by atoms with Crippen LogP contribution in [-0.2, 0) is 11.3 Å². The number of halogens is 1. The van der Waals surface area contributed by atoms with Crippen LogP contribution in [0, 0.1) is 10.8 Å². The molecule has 1 saturated carbocycles. The maximum Gasteiger partial charge on any atom is 0.208 e. The SMILES string of the molecule is NC(=NN=O)c1nc(-c2cccc(Cl)c2)c2c(n1)nc(N1CCOCC1)n2CC1CCCCC1. The number of morpholine rings is 1. The number of nitrogens with two attached hydrogens (primary N) is 1. The molecular weight excluding hydrogens is 456 g/mol. The molecule has 178 valence electrons. The normalized spacial score (nSPS) is 17.9. The van der Waals surface area contributed by atoms with Crippen LogP contribution in [-0.4, -0.2) is 51.7 Å². The Labute approximate surface area is 202 Å². The molecule has 34 heavy (non-hydrogen) atoms. The Morgan fingerprint density at radius 2 is 1.94 bits per heavy atom. The first-order chi connectivity index (χ1) is 16.6. The van der Waals surface area contributed by atoms with E-state index in [0.29, 0.717) is 35.5 Å². The Kier molecular flexibility index (Phi) is 6.68. The topological polar surface area (TPSA) is 124 Å². The van der Waals surface area contributed by atoms with E-state index in [-0.39, 0.29) is 11.7 Å². The van der Waals surface area contributed by atoms with Gasteiger partial charge in [-0.05, 0) is 30.9 Å². The summed E-state index contributed by atoms with van der Waals surface area (Å²) in [6.07, 6.45) is 6.17. The summed E-state index contributed by atoms with van der Waals surface area (Å²) in [6, 6.07) is 7.48. The first-order valence-electron chi connectivity index (χ1n) is 11.7. The van der Waals surface area contributed by atoms with Gasteiger partial charge in [-0.3, -0.25) is 0 Å². The highest BCUT2D eigenvalue weighted by molar-refractivity contribution is 6.30. The van der Waals surface area contributed by atoms with Gasteiger partial charge >= 0.3 is 0 Å². The fourth-order valence-electron chi connectivity index (χ4n) is 4.87. The van der Waals surface area contributed by atoms with Crippen molar-refractivity contribution in [3.8, 4) is 11.3 Å².